The number of ether oxygens (including phenoxy) is 2. The molecule has 0 atom stereocenters. The van der Waals surface area contributed by atoms with E-state index in [0.717, 1.165) is 11.3 Å². The second kappa shape index (κ2) is 8.36. The Morgan fingerprint density at radius 1 is 1.14 bits per heavy atom. The van der Waals surface area contributed by atoms with Gasteiger partial charge in [-0.2, -0.15) is 0 Å². The molecule has 0 unspecified atom stereocenters. The third-order valence-electron chi connectivity index (χ3n) is 2.71. The van der Waals surface area contributed by atoms with Crippen LogP contribution in [-0.2, 0) is 19.1 Å². The highest BCUT2D eigenvalue weighted by Crippen LogP contribution is 2.16. The summed E-state index contributed by atoms with van der Waals surface area (Å²) >= 11 is 5.19. The summed E-state index contributed by atoms with van der Waals surface area (Å²) in [6, 6.07) is 7.43. The summed E-state index contributed by atoms with van der Waals surface area (Å²) < 4.78 is 9.79. The predicted octanol–water partition coefficient (Wildman–Crippen LogP) is 2.48. The molecule has 1 rings (SSSR count). The van der Waals surface area contributed by atoms with E-state index in [1.54, 1.807) is 13.8 Å². The number of rotatable bonds is 6. The van der Waals surface area contributed by atoms with Crippen molar-refractivity contribution in [3.63, 3.8) is 0 Å². The number of thiocarbonyl (C=S) groups is 1. The van der Waals surface area contributed by atoms with Crippen LogP contribution in [0.1, 0.15) is 19.4 Å². The lowest BCUT2D eigenvalue weighted by Gasteiger charge is -2.17. The number of hydrogen-bond acceptors (Lipinski definition) is 5. The first-order valence-electron chi connectivity index (χ1n) is 6.71. The van der Waals surface area contributed by atoms with E-state index in [0.29, 0.717) is 0 Å². The molecule has 5 nitrogen and oxygen atoms in total. The predicted molar refractivity (Wildman–Crippen MR) is 84.2 cm³/mol. The Labute approximate surface area is 129 Å². The smallest absolute Gasteiger partial charge is 0.327 e. The van der Waals surface area contributed by atoms with Crippen LogP contribution in [-0.4, -0.2) is 30.1 Å². The fraction of sp³-hybridized carbons (Fsp3) is 0.400. The van der Waals surface area contributed by atoms with Crippen molar-refractivity contribution in [3.8, 4) is 0 Å². The monoisotopic (exact) mass is 309 g/mol. The Morgan fingerprint density at radius 3 is 2.14 bits per heavy atom. The second-order valence-electron chi connectivity index (χ2n) is 4.24. The summed E-state index contributed by atoms with van der Waals surface area (Å²) in [4.78, 5) is 23.9. The number of carbonyl (C=O) groups excluding carboxylic acids is 2. The van der Waals surface area contributed by atoms with Gasteiger partial charge in [-0.05, 0) is 32.4 Å². The lowest BCUT2D eigenvalue weighted by molar-refractivity contribution is -0.157. The van der Waals surface area contributed by atoms with Crippen molar-refractivity contribution in [2.75, 3.05) is 18.5 Å². The molecule has 0 radical (unpaired) electrons. The van der Waals surface area contributed by atoms with E-state index in [-0.39, 0.29) is 18.2 Å². The number of esters is 2. The van der Waals surface area contributed by atoms with E-state index >= 15 is 0 Å². The number of aryl methyl sites for hydroxylation is 1. The number of para-hydroxylation sites is 1. The Morgan fingerprint density at radius 2 is 1.67 bits per heavy atom. The first-order chi connectivity index (χ1) is 10.0. The summed E-state index contributed by atoms with van der Waals surface area (Å²) in [5.74, 6) is -2.66. The SMILES string of the molecule is CCOC(=O)C(C(=O)OCC)C(=S)Nc1ccccc1C. The molecule has 0 aliphatic carbocycles. The maximum Gasteiger partial charge on any atom is 0.327 e. The average molecular weight is 309 g/mol. The number of hydrogen-bond donors (Lipinski definition) is 1. The molecule has 0 spiro atoms. The van der Waals surface area contributed by atoms with E-state index in [4.69, 9.17) is 21.7 Å². The van der Waals surface area contributed by atoms with Gasteiger partial charge in [-0.25, -0.2) is 0 Å². The largest absolute Gasteiger partial charge is 0.465 e. The van der Waals surface area contributed by atoms with Crippen LogP contribution >= 0.6 is 12.2 Å². The molecule has 21 heavy (non-hydrogen) atoms. The van der Waals surface area contributed by atoms with Crippen LogP contribution in [0.5, 0.6) is 0 Å². The second-order valence-corrected chi connectivity index (χ2v) is 4.68. The van der Waals surface area contributed by atoms with Crippen LogP contribution < -0.4 is 5.32 Å². The molecule has 1 aromatic rings. The zero-order chi connectivity index (χ0) is 15.8. The van der Waals surface area contributed by atoms with Crippen LogP contribution in [0, 0.1) is 12.8 Å². The minimum absolute atomic E-state index is 0.0706. The Hall–Kier alpha value is -1.95. The molecule has 1 aromatic carbocycles. The van der Waals surface area contributed by atoms with Gasteiger partial charge in [-0.1, -0.05) is 30.4 Å². The minimum Gasteiger partial charge on any atom is -0.465 e. The van der Waals surface area contributed by atoms with Crippen LogP contribution in [0.2, 0.25) is 0 Å². The molecule has 114 valence electrons. The summed E-state index contributed by atoms with van der Waals surface area (Å²) in [6.07, 6.45) is 0. The van der Waals surface area contributed by atoms with Crippen LogP contribution in [0.25, 0.3) is 0 Å². The van der Waals surface area contributed by atoms with Crippen molar-refractivity contribution in [1.82, 2.24) is 0 Å². The molecule has 1 N–H and O–H groups in total. The highest BCUT2D eigenvalue weighted by Gasteiger charge is 2.34. The fourth-order valence-electron chi connectivity index (χ4n) is 1.68. The van der Waals surface area contributed by atoms with E-state index in [2.05, 4.69) is 5.32 Å². The highest BCUT2D eigenvalue weighted by atomic mass is 32.1. The quantitative estimate of drug-likeness (QED) is 0.495. The maximum atomic E-state index is 11.9. The van der Waals surface area contributed by atoms with Gasteiger partial charge in [-0.15, -0.1) is 0 Å². The Bertz CT molecular complexity index is 512. The topological polar surface area (TPSA) is 64.6 Å². The van der Waals surface area contributed by atoms with Crippen molar-refractivity contribution in [3.05, 3.63) is 29.8 Å². The normalized spacial score (nSPS) is 10.1. The van der Waals surface area contributed by atoms with Crippen LogP contribution in [0.4, 0.5) is 5.69 Å². The zero-order valence-corrected chi connectivity index (χ0v) is 13.2. The van der Waals surface area contributed by atoms with Gasteiger partial charge < -0.3 is 14.8 Å². The van der Waals surface area contributed by atoms with Crippen molar-refractivity contribution >= 4 is 34.8 Å². The van der Waals surface area contributed by atoms with E-state index < -0.39 is 17.9 Å². The molecule has 0 amide bonds. The first-order valence-corrected chi connectivity index (χ1v) is 7.11. The van der Waals surface area contributed by atoms with Crippen LogP contribution in [0.3, 0.4) is 0 Å². The molecule has 0 saturated carbocycles. The van der Waals surface area contributed by atoms with Gasteiger partial charge in [0.05, 0.1) is 13.2 Å². The number of benzene rings is 1. The van der Waals surface area contributed by atoms with Crippen LogP contribution in [0.15, 0.2) is 24.3 Å². The van der Waals surface area contributed by atoms with Gasteiger partial charge in [0.2, 0.25) is 5.92 Å². The van der Waals surface area contributed by atoms with Crippen molar-refractivity contribution in [2.45, 2.75) is 20.8 Å². The summed E-state index contributed by atoms with van der Waals surface area (Å²) in [5.41, 5.74) is 1.69. The molecule has 6 heteroatoms. The van der Waals surface area contributed by atoms with Gasteiger partial charge in [-0.3, -0.25) is 9.59 Å². The lowest BCUT2D eigenvalue weighted by Crippen LogP contribution is -2.37. The third kappa shape index (κ3) is 4.82. The summed E-state index contributed by atoms with van der Waals surface area (Å²) in [6.45, 7) is 5.56. The first kappa shape index (κ1) is 17.1. The van der Waals surface area contributed by atoms with Gasteiger partial charge in [0.15, 0.2) is 0 Å². The molecule has 0 aliphatic heterocycles. The molecule has 0 saturated heterocycles. The van der Waals surface area contributed by atoms with Gasteiger partial charge in [0, 0.05) is 5.69 Å². The average Bonchev–Trinajstić information content (AvgIpc) is 2.42. The maximum absolute atomic E-state index is 11.9. The minimum atomic E-state index is -1.25. The Kier molecular flexibility index (Phi) is 6.81. The summed E-state index contributed by atoms with van der Waals surface area (Å²) in [5, 5.41) is 2.92. The lowest BCUT2D eigenvalue weighted by atomic mass is 10.1. The van der Waals surface area contributed by atoms with Gasteiger partial charge >= 0.3 is 11.9 Å². The standard InChI is InChI=1S/C15H19NO4S/c1-4-19-14(17)12(15(18)20-5-2)13(21)16-11-9-7-6-8-10(11)3/h6-9,12H,4-5H2,1-3H3,(H,16,21). The number of anilines is 1. The highest BCUT2D eigenvalue weighted by molar-refractivity contribution is 7.80. The molecule has 0 heterocycles. The molecule has 0 fully saturated rings. The van der Waals surface area contributed by atoms with E-state index in [9.17, 15) is 9.59 Å². The molecule has 0 aromatic heterocycles. The van der Waals surface area contributed by atoms with E-state index in [1.165, 1.54) is 0 Å². The van der Waals surface area contributed by atoms with Gasteiger partial charge in [0.1, 0.15) is 4.99 Å². The molecule has 0 bridgehead atoms. The third-order valence-corrected chi connectivity index (χ3v) is 3.05. The van der Waals surface area contributed by atoms with Crippen molar-refractivity contribution in [1.29, 1.82) is 0 Å². The Balaban J connectivity index is 2.92. The van der Waals surface area contributed by atoms with Crippen molar-refractivity contribution < 1.29 is 19.1 Å². The number of carbonyl (C=O) groups is 2. The number of nitrogens with one attached hydrogen (secondary N) is 1. The van der Waals surface area contributed by atoms with E-state index in [1.807, 2.05) is 31.2 Å². The zero-order valence-electron chi connectivity index (χ0n) is 12.3. The molecule has 0 aliphatic rings. The molecular formula is C15H19NO4S. The van der Waals surface area contributed by atoms with Gasteiger partial charge in [0.25, 0.3) is 0 Å². The van der Waals surface area contributed by atoms with Crippen molar-refractivity contribution in [2.24, 2.45) is 5.92 Å². The fourth-order valence-corrected chi connectivity index (χ4v) is 1.98. The molecular weight excluding hydrogens is 290 g/mol. The summed E-state index contributed by atoms with van der Waals surface area (Å²) in [7, 11) is 0.